The molecule has 0 bridgehead atoms. The van der Waals surface area contributed by atoms with Gasteiger partial charge in [-0.15, -0.1) is 0 Å². The topological polar surface area (TPSA) is 30.5 Å². The summed E-state index contributed by atoms with van der Waals surface area (Å²) in [5.41, 5.74) is 3.88. The van der Waals surface area contributed by atoms with Crippen LogP contribution >= 0.6 is 50.7 Å². The van der Waals surface area contributed by atoms with E-state index in [1.54, 1.807) is 12.1 Å². The second kappa shape index (κ2) is 10.6. The third kappa shape index (κ3) is 5.98. The van der Waals surface area contributed by atoms with Crippen molar-refractivity contribution in [2.24, 2.45) is 0 Å². The number of anilines is 1. The molecule has 1 N–H and O–H groups in total. The van der Waals surface area contributed by atoms with Crippen LogP contribution in [0.2, 0.25) is 15.1 Å². The standard InChI is InChI=1S/C23H21BrCl3NO2/c1-3-29-22-8-16(12-28-18-7-4-14(2)20(26)10-18)19(24)11-23(22)30-13-15-5-6-17(25)9-21(15)27/h4-11,28H,3,12-13H2,1-2H3. The van der Waals surface area contributed by atoms with Crippen LogP contribution in [0.3, 0.4) is 0 Å². The van der Waals surface area contributed by atoms with E-state index in [1.807, 2.05) is 50.2 Å². The Labute approximate surface area is 200 Å². The first-order chi connectivity index (χ1) is 14.4. The van der Waals surface area contributed by atoms with Gasteiger partial charge in [0.1, 0.15) is 6.61 Å². The van der Waals surface area contributed by atoms with Crippen molar-refractivity contribution in [3.8, 4) is 11.5 Å². The Morgan fingerprint density at radius 2 is 1.63 bits per heavy atom. The second-order valence-electron chi connectivity index (χ2n) is 6.67. The number of nitrogens with one attached hydrogen (secondary N) is 1. The Bertz CT molecular complexity index is 1040. The van der Waals surface area contributed by atoms with Crippen molar-refractivity contribution < 1.29 is 9.47 Å². The molecule has 0 unspecified atom stereocenters. The summed E-state index contributed by atoms with van der Waals surface area (Å²) in [5.74, 6) is 1.31. The average Bonchev–Trinajstić information content (AvgIpc) is 2.70. The van der Waals surface area contributed by atoms with Crippen LogP contribution in [0.4, 0.5) is 5.69 Å². The van der Waals surface area contributed by atoms with Crippen LogP contribution in [0.15, 0.2) is 53.0 Å². The van der Waals surface area contributed by atoms with Gasteiger partial charge in [-0.1, -0.05) is 62.9 Å². The zero-order valence-corrected chi connectivity index (χ0v) is 20.4. The van der Waals surface area contributed by atoms with E-state index in [1.165, 1.54) is 0 Å². The molecule has 3 aromatic rings. The third-order valence-corrected chi connectivity index (χ3v) is 6.20. The van der Waals surface area contributed by atoms with Gasteiger partial charge >= 0.3 is 0 Å². The summed E-state index contributed by atoms with van der Waals surface area (Å²) in [6.45, 7) is 5.35. The number of hydrogen-bond acceptors (Lipinski definition) is 3. The summed E-state index contributed by atoms with van der Waals surface area (Å²) in [6, 6.07) is 15.1. The van der Waals surface area contributed by atoms with Crippen LogP contribution in [0, 0.1) is 6.92 Å². The molecule has 3 nitrogen and oxygen atoms in total. The summed E-state index contributed by atoms with van der Waals surface area (Å²) in [6.07, 6.45) is 0. The fourth-order valence-corrected chi connectivity index (χ4v) is 3.89. The van der Waals surface area contributed by atoms with E-state index in [9.17, 15) is 0 Å². The van der Waals surface area contributed by atoms with E-state index < -0.39 is 0 Å². The van der Waals surface area contributed by atoms with Gasteiger partial charge < -0.3 is 14.8 Å². The Morgan fingerprint density at radius 3 is 2.33 bits per heavy atom. The highest BCUT2D eigenvalue weighted by atomic mass is 79.9. The molecule has 0 atom stereocenters. The molecule has 0 heterocycles. The highest BCUT2D eigenvalue weighted by molar-refractivity contribution is 9.10. The van der Waals surface area contributed by atoms with Crippen LogP contribution in [0.5, 0.6) is 11.5 Å². The molecule has 30 heavy (non-hydrogen) atoms. The highest BCUT2D eigenvalue weighted by Crippen LogP contribution is 2.35. The predicted molar refractivity (Wildman–Crippen MR) is 130 cm³/mol. The number of aryl methyl sites for hydroxylation is 1. The lowest BCUT2D eigenvalue weighted by molar-refractivity contribution is 0.269. The minimum Gasteiger partial charge on any atom is -0.490 e. The smallest absolute Gasteiger partial charge is 0.162 e. The molecule has 158 valence electrons. The number of benzene rings is 3. The van der Waals surface area contributed by atoms with Gasteiger partial charge in [0.05, 0.1) is 6.61 Å². The quantitative estimate of drug-likeness (QED) is 0.318. The van der Waals surface area contributed by atoms with Gasteiger partial charge in [-0.05, 0) is 61.4 Å². The largest absolute Gasteiger partial charge is 0.490 e. The molecule has 0 aliphatic rings. The van der Waals surface area contributed by atoms with Crippen LogP contribution in [0.1, 0.15) is 23.6 Å². The van der Waals surface area contributed by atoms with Gasteiger partial charge in [0.2, 0.25) is 0 Å². The van der Waals surface area contributed by atoms with Gasteiger partial charge in [0.15, 0.2) is 11.5 Å². The van der Waals surface area contributed by atoms with E-state index >= 15 is 0 Å². The van der Waals surface area contributed by atoms with Crippen molar-refractivity contribution in [3.05, 3.63) is 84.8 Å². The molecule has 0 saturated heterocycles. The van der Waals surface area contributed by atoms with Crippen molar-refractivity contribution in [2.45, 2.75) is 27.0 Å². The maximum Gasteiger partial charge on any atom is 0.162 e. The molecule has 0 fully saturated rings. The van der Waals surface area contributed by atoms with E-state index in [-0.39, 0.29) is 0 Å². The molecule has 0 saturated carbocycles. The van der Waals surface area contributed by atoms with Crippen molar-refractivity contribution in [1.82, 2.24) is 0 Å². The maximum atomic E-state index is 6.25. The normalized spacial score (nSPS) is 10.7. The van der Waals surface area contributed by atoms with Crippen molar-refractivity contribution in [2.75, 3.05) is 11.9 Å². The molecule has 0 amide bonds. The van der Waals surface area contributed by atoms with Crippen molar-refractivity contribution in [1.29, 1.82) is 0 Å². The van der Waals surface area contributed by atoms with Gasteiger partial charge in [-0.2, -0.15) is 0 Å². The Hall–Kier alpha value is -1.59. The highest BCUT2D eigenvalue weighted by Gasteiger charge is 2.12. The van der Waals surface area contributed by atoms with Crippen LogP contribution in [-0.4, -0.2) is 6.61 Å². The molecular weight excluding hydrogens is 509 g/mol. The van der Waals surface area contributed by atoms with Crippen molar-refractivity contribution in [3.63, 3.8) is 0 Å². The van der Waals surface area contributed by atoms with E-state index in [4.69, 9.17) is 44.3 Å². The van der Waals surface area contributed by atoms with Crippen LogP contribution in [-0.2, 0) is 13.2 Å². The Morgan fingerprint density at radius 1 is 0.867 bits per heavy atom. The van der Waals surface area contributed by atoms with Gasteiger partial charge in [-0.25, -0.2) is 0 Å². The summed E-state index contributed by atoms with van der Waals surface area (Å²) >= 11 is 22.1. The van der Waals surface area contributed by atoms with Gasteiger partial charge in [-0.3, -0.25) is 0 Å². The van der Waals surface area contributed by atoms with E-state index in [0.29, 0.717) is 41.3 Å². The fraction of sp³-hybridized carbons (Fsp3) is 0.217. The maximum absolute atomic E-state index is 6.25. The molecule has 0 aliphatic carbocycles. The number of rotatable bonds is 8. The summed E-state index contributed by atoms with van der Waals surface area (Å²) in [4.78, 5) is 0. The zero-order valence-electron chi connectivity index (χ0n) is 16.6. The molecule has 3 rings (SSSR count). The third-order valence-electron chi connectivity index (χ3n) is 4.47. The molecule has 0 aliphatic heterocycles. The monoisotopic (exact) mass is 527 g/mol. The lowest BCUT2D eigenvalue weighted by atomic mass is 10.1. The number of ether oxygens (including phenoxy) is 2. The first-order valence-corrected chi connectivity index (χ1v) is 11.3. The molecular formula is C23H21BrCl3NO2. The SMILES string of the molecule is CCOc1cc(CNc2ccc(C)c(Cl)c2)c(Br)cc1OCc1ccc(Cl)cc1Cl. The van der Waals surface area contributed by atoms with E-state index in [0.717, 1.165) is 31.9 Å². The van der Waals surface area contributed by atoms with Crippen LogP contribution < -0.4 is 14.8 Å². The Kier molecular flexibility index (Phi) is 8.18. The summed E-state index contributed by atoms with van der Waals surface area (Å²) in [5, 5.41) is 5.28. The van der Waals surface area contributed by atoms with Gasteiger partial charge in [0, 0.05) is 37.3 Å². The summed E-state index contributed by atoms with van der Waals surface area (Å²) < 4.78 is 12.7. The van der Waals surface area contributed by atoms with Gasteiger partial charge in [0.25, 0.3) is 0 Å². The molecule has 0 spiro atoms. The van der Waals surface area contributed by atoms with Crippen LogP contribution in [0.25, 0.3) is 0 Å². The Balaban J connectivity index is 1.76. The zero-order chi connectivity index (χ0) is 21.7. The lowest BCUT2D eigenvalue weighted by Crippen LogP contribution is -2.04. The molecule has 0 radical (unpaired) electrons. The first kappa shape index (κ1) is 23.1. The predicted octanol–water partition coefficient (Wildman–Crippen LogP) is 8.31. The van der Waals surface area contributed by atoms with E-state index in [2.05, 4.69) is 21.2 Å². The fourth-order valence-electron chi connectivity index (χ4n) is 2.79. The molecule has 0 aromatic heterocycles. The average molecular weight is 530 g/mol. The van der Waals surface area contributed by atoms with Crippen molar-refractivity contribution >= 4 is 56.4 Å². The second-order valence-corrected chi connectivity index (χ2v) is 8.77. The lowest BCUT2D eigenvalue weighted by Gasteiger charge is -2.16. The number of hydrogen-bond donors (Lipinski definition) is 1. The summed E-state index contributed by atoms with van der Waals surface area (Å²) in [7, 11) is 0. The molecule has 7 heteroatoms. The molecule has 3 aromatic carbocycles. The first-order valence-electron chi connectivity index (χ1n) is 9.39. The minimum atomic E-state index is 0.308. The minimum absolute atomic E-state index is 0.308. The number of halogens is 4.